The minimum Gasteiger partial charge on any atom is -0.336 e. The Balaban J connectivity index is 1.78. The molecular weight excluding hydrogens is 336 g/mol. The third-order valence-corrected chi connectivity index (χ3v) is 7.54. The largest absolute Gasteiger partial charge is 0.336 e. The van der Waals surface area contributed by atoms with Crippen molar-refractivity contribution in [2.75, 3.05) is 13.1 Å². The van der Waals surface area contributed by atoms with Gasteiger partial charge in [0, 0.05) is 30.7 Å². The maximum Gasteiger partial charge on any atom is 0.254 e. The first-order valence-corrected chi connectivity index (χ1v) is 10.8. The van der Waals surface area contributed by atoms with E-state index < -0.39 is 10.0 Å². The first kappa shape index (κ1) is 18.4. The second kappa shape index (κ2) is 7.46. The molecule has 0 aromatic heterocycles. The SMILES string of the molecule is C[C@@H]1CCCCN1C(=O)c1ccc(S(=O)(=O)N2CCCC[C@@H]2C)cc1. The van der Waals surface area contributed by atoms with Gasteiger partial charge in [-0.2, -0.15) is 4.31 Å². The van der Waals surface area contributed by atoms with Gasteiger partial charge in [0.1, 0.15) is 0 Å². The number of carbonyl (C=O) groups excluding carboxylic acids is 1. The summed E-state index contributed by atoms with van der Waals surface area (Å²) in [7, 11) is -3.48. The Hall–Kier alpha value is -1.40. The lowest BCUT2D eigenvalue weighted by molar-refractivity contribution is 0.0635. The average molecular weight is 365 g/mol. The molecule has 2 fully saturated rings. The summed E-state index contributed by atoms with van der Waals surface area (Å²) in [5, 5.41) is 0. The summed E-state index contributed by atoms with van der Waals surface area (Å²) in [5.41, 5.74) is 0.569. The van der Waals surface area contributed by atoms with Crippen molar-refractivity contribution >= 4 is 15.9 Å². The van der Waals surface area contributed by atoms with Gasteiger partial charge in [0.05, 0.1) is 4.90 Å². The summed E-state index contributed by atoms with van der Waals surface area (Å²) < 4.78 is 27.3. The molecule has 2 aliphatic heterocycles. The fourth-order valence-corrected chi connectivity index (χ4v) is 5.60. The van der Waals surface area contributed by atoms with Gasteiger partial charge < -0.3 is 4.90 Å². The Labute approximate surface area is 151 Å². The van der Waals surface area contributed by atoms with Crippen molar-refractivity contribution in [2.24, 2.45) is 0 Å². The van der Waals surface area contributed by atoms with Gasteiger partial charge in [-0.1, -0.05) is 6.42 Å². The van der Waals surface area contributed by atoms with Crippen LogP contribution < -0.4 is 0 Å². The zero-order valence-corrected chi connectivity index (χ0v) is 16.0. The van der Waals surface area contributed by atoms with Gasteiger partial charge in [-0.15, -0.1) is 0 Å². The summed E-state index contributed by atoms with van der Waals surface area (Å²) >= 11 is 0. The van der Waals surface area contributed by atoms with Gasteiger partial charge in [0.15, 0.2) is 0 Å². The number of rotatable bonds is 3. The molecule has 0 radical (unpaired) electrons. The average Bonchev–Trinajstić information content (AvgIpc) is 2.62. The van der Waals surface area contributed by atoms with Gasteiger partial charge in [-0.3, -0.25) is 4.79 Å². The maximum atomic E-state index is 12.9. The first-order valence-electron chi connectivity index (χ1n) is 9.34. The monoisotopic (exact) mass is 364 g/mol. The topological polar surface area (TPSA) is 57.7 Å². The predicted molar refractivity (Wildman–Crippen MR) is 98.0 cm³/mol. The van der Waals surface area contributed by atoms with Crippen molar-refractivity contribution in [2.45, 2.75) is 69.4 Å². The third-order valence-electron chi connectivity index (χ3n) is 5.51. The van der Waals surface area contributed by atoms with Gasteiger partial charge in [-0.25, -0.2) is 8.42 Å². The zero-order chi connectivity index (χ0) is 18.0. The molecule has 0 bridgehead atoms. The van der Waals surface area contributed by atoms with Gasteiger partial charge >= 0.3 is 0 Å². The summed E-state index contributed by atoms with van der Waals surface area (Å²) in [6, 6.07) is 6.76. The quantitative estimate of drug-likeness (QED) is 0.827. The standard InChI is InChI=1S/C19H28N2O3S/c1-15-7-3-5-13-20(15)19(22)17-9-11-18(12-10-17)25(23,24)21-14-6-4-8-16(21)2/h9-12,15-16H,3-8,13-14H2,1-2H3/t15-,16+/m1/s1. The lowest BCUT2D eigenvalue weighted by atomic mass is 10.0. The van der Waals surface area contributed by atoms with E-state index in [-0.39, 0.29) is 22.9 Å². The van der Waals surface area contributed by atoms with Crippen LogP contribution in [-0.2, 0) is 10.0 Å². The molecule has 138 valence electrons. The van der Waals surface area contributed by atoms with Crippen molar-refractivity contribution in [1.82, 2.24) is 9.21 Å². The van der Waals surface area contributed by atoms with Crippen LogP contribution in [0.15, 0.2) is 29.2 Å². The Morgan fingerprint density at radius 3 is 2.12 bits per heavy atom. The highest BCUT2D eigenvalue weighted by atomic mass is 32.2. The van der Waals surface area contributed by atoms with Crippen LogP contribution in [0.5, 0.6) is 0 Å². The highest BCUT2D eigenvalue weighted by molar-refractivity contribution is 7.89. The van der Waals surface area contributed by atoms with Crippen molar-refractivity contribution < 1.29 is 13.2 Å². The maximum absolute atomic E-state index is 12.9. The van der Waals surface area contributed by atoms with E-state index in [9.17, 15) is 13.2 Å². The highest BCUT2D eigenvalue weighted by Gasteiger charge is 2.31. The molecule has 25 heavy (non-hydrogen) atoms. The zero-order valence-electron chi connectivity index (χ0n) is 15.1. The molecule has 0 spiro atoms. The fourth-order valence-electron chi connectivity index (χ4n) is 3.90. The van der Waals surface area contributed by atoms with E-state index in [0.29, 0.717) is 12.1 Å². The van der Waals surface area contributed by atoms with E-state index in [4.69, 9.17) is 0 Å². The molecule has 3 rings (SSSR count). The van der Waals surface area contributed by atoms with E-state index in [0.717, 1.165) is 45.1 Å². The van der Waals surface area contributed by atoms with Crippen molar-refractivity contribution in [1.29, 1.82) is 0 Å². The lowest BCUT2D eigenvalue weighted by Crippen LogP contribution is -2.42. The second-order valence-corrected chi connectivity index (χ2v) is 9.22. The van der Waals surface area contributed by atoms with Gasteiger partial charge in [-0.05, 0) is 70.2 Å². The molecule has 0 unspecified atom stereocenters. The predicted octanol–water partition coefficient (Wildman–Crippen LogP) is 3.26. The normalized spacial score (nSPS) is 25.8. The number of piperidine rings is 2. The number of carbonyl (C=O) groups is 1. The molecule has 2 heterocycles. The molecule has 1 aromatic rings. The molecule has 2 saturated heterocycles. The molecule has 5 nitrogen and oxygen atoms in total. The van der Waals surface area contributed by atoms with Gasteiger partial charge in [0.2, 0.25) is 10.0 Å². The Kier molecular flexibility index (Phi) is 5.49. The minimum atomic E-state index is -3.48. The number of nitrogens with zero attached hydrogens (tertiary/aromatic N) is 2. The van der Waals surface area contributed by atoms with Crippen molar-refractivity contribution in [3.63, 3.8) is 0 Å². The summed E-state index contributed by atoms with van der Waals surface area (Å²) in [5.74, 6) is 0.00230. The summed E-state index contributed by atoms with van der Waals surface area (Å²) in [4.78, 5) is 14.9. The van der Waals surface area contributed by atoms with Crippen LogP contribution in [-0.4, -0.2) is 48.7 Å². The van der Waals surface area contributed by atoms with Crippen LogP contribution in [0.25, 0.3) is 0 Å². The lowest BCUT2D eigenvalue weighted by Gasteiger charge is -2.33. The van der Waals surface area contributed by atoms with E-state index in [1.165, 1.54) is 0 Å². The third kappa shape index (κ3) is 3.75. The number of hydrogen-bond acceptors (Lipinski definition) is 3. The van der Waals surface area contributed by atoms with Gasteiger partial charge in [0.25, 0.3) is 5.91 Å². The summed E-state index contributed by atoms with van der Waals surface area (Å²) in [6.07, 6.45) is 6.13. The van der Waals surface area contributed by atoms with Crippen molar-refractivity contribution in [3.8, 4) is 0 Å². The van der Waals surface area contributed by atoms with Crippen LogP contribution >= 0.6 is 0 Å². The van der Waals surface area contributed by atoms with Crippen LogP contribution in [0.4, 0.5) is 0 Å². The van der Waals surface area contributed by atoms with E-state index >= 15 is 0 Å². The van der Waals surface area contributed by atoms with E-state index in [2.05, 4.69) is 6.92 Å². The molecule has 2 atom stereocenters. The van der Waals surface area contributed by atoms with Crippen molar-refractivity contribution in [3.05, 3.63) is 29.8 Å². The van der Waals surface area contributed by atoms with Crippen LogP contribution in [0.1, 0.15) is 62.7 Å². The number of likely N-dealkylation sites (tertiary alicyclic amines) is 1. The Bertz CT molecular complexity index is 715. The molecule has 1 aromatic carbocycles. The Morgan fingerprint density at radius 2 is 1.52 bits per heavy atom. The molecular formula is C19H28N2O3S. The first-order chi connectivity index (χ1) is 11.9. The van der Waals surface area contributed by atoms with E-state index in [1.54, 1.807) is 28.6 Å². The number of benzene rings is 1. The molecule has 6 heteroatoms. The highest BCUT2D eigenvalue weighted by Crippen LogP contribution is 2.26. The molecule has 0 N–H and O–H groups in total. The molecule has 2 aliphatic rings. The smallest absolute Gasteiger partial charge is 0.254 e. The second-order valence-electron chi connectivity index (χ2n) is 7.33. The molecule has 1 amide bonds. The number of sulfonamides is 1. The molecule has 0 saturated carbocycles. The van der Waals surface area contributed by atoms with Crippen LogP contribution in [0.3, 0.4) is 0 Å². The van der Waals surface area contributed by atoms with Crippen LogP contribution in [0.2, 0.25) is 0 Å². The van der Waals surface area contributed by atoms with E-state index in [1.807, 2.05) is 11.8 Å². The van der Waals surface area contributed by atoms with Crippen LogP contribution in [0, 0.1) is 0 Å². The molecule has 0 aliphatic carbocycles. The minimum absolute atomic E-state index is 0.00230. The number of hydrogen-bond donors (Lipinski definition) is 0. The Morgan fingerprint density at radius 1 is 0.920 bits per heavy atom. The fraction of sp³-hybridized carbons (Fsp3) is 0.632. The summed E-state index contributed by atoms with van der Waals surface area (Å²) in [6.45, 7) is 5.40. The number of amides is 1.